The largest absolute Gasteiger partial charge is 0.361 e. The number of rotatable bonds is 2. The summed E-state index contributed by atoms with van der Waals surface area (Å²) in [7, 11) is 0. The summed E-state index contributed by atoms with van der Waals surface area (Å²) >= 11 is 0. The van der Waals surface area contributed by atoms with E-state index in [0.717, 1.165) is 29.9 Å². The lowest BCUT2D eigenvalue weighted by atomic mass is 10.0. The van der Waals surface area contributed by atoms with E-state index in [-0.39, 0.29) is 5.54 Å². The van der Waals surface area contributed by atoms with Crippen LogP contribution < -0.4 is 0 Å². The van der Waals surface area contributed by atoms with Crippen molar-refractivity contribution in [2.75, 3.05) is 0 Å². The van der Waals surface area contributed by atoms with Gasteiger partial charge in [0, 0.05) is 5.56 Å². The molecule has 0 amide bonds. The maximum Gasteiger partial charge on any atom is 0.235 e. The zero-order chi connectivity index (χ0) is 9.47. The summed E-state index contributed by atoms with van der Waals surface area (Å²) < 4.78 is 5.03. The standard InChI is InChI=1S/C9H10N2O2/c1-6-8(7(2)13-11-6)9(3-4-9)10-5-12/h3-4H2,1-2H3. The van der Waals surface area contributed by atoms with Gasteiger partial charge in [-0.2, -0.15) is 4.99 Å². The van der Waals surface area contributed by atoms with Gasteiger partial charge in [-0.3, -0.25) is 0 Å². The van der Waals surface area contributed by atoms with E-state index >= 15 is 0 Å². The average molecular weight is 178 g/mol. The van der Waals surface area contributed by atoms with Crippen LogP contribution in [0.15, 0.2) is 9.52 Å². The molecule has 13 heavy (non-hydrogen) atoms. The summed E-state index contributed by atoms with van der Waals surface area (Å²) in [6.07, 6.45) is 3.41. The van der Waals surface area contributed by atoms with E-state index in [1.54, 1.807) is 6.08 Å². The number of aromatic nitrogens is 1. The first-order valence-electron chi connectivity index (χ1n) is 4.22. The van der Waals surface area contributed by atoms with E-state index in [4.69, 9.17) is 4.52 Å². The Labute approximate surface area is 75.6 Å². The molecule has 1 saturated carbocycles. The van der Waals surface area contributed by atoms with Crippen molar-refractivity contribution < 1.29 is 9.32 Å². The SMILES string of the molecule is Cc1noc(C)c1C1(N=C=O)CC1. The van der Waals surface area contributed by atoms with Crippen molar-refractivity contribution in [2.24, 2.45) is 4.99 Å². The van der Waals surface area contributed by atoms with Crippen LogP contribution in [0.4, 0.5) is 0 Å². The molecule has 0 aromatic carbocycles. The minimum atomic E-state index is -0.351. The Hall–Kier alpha value is -1.41. The van der Waals surface area contributed by atoms with E-state index in [1.807, 2.05) is 13.8 Å². The van der Waals surface area contributed by atoms with Gasteiger partial charge >= 0.3 is 0 Å². The predicted molar refractivity (Wildman–Crippen MR) is 45.0 cm³/mol. The van der Waals surface area contributed by atoms with Gasteiger partial charge in [-0.1, -0.05) is 5.16 Å². The van der Waals surface area contributed by atoms with Crippen molar-refractivity contribution in [1.82, 2.24) is 5.16 Å². The van der Waals surface area contributed by atoms with Crippen LogP contribution in [0.25, 0.3) is 0 Å². The number of nitrogens with zero attached hydrogens (tertiary/aromatic N) is 2. The summed E-state index contributed by atoms with van der Waals surface area (Å²) in [6, 6.07) is 0. The molecule has 2 rings (SSSR count). The average Bonchev–Trinajstić information content (AvgIpc) is 2.76. The molecule has 0 bridgehead atoms. The fourth-order valence-electron chi connectivity index (χ4n) is 1.77. The van der Waals surface area contributed by atoms with Crippen LogP contribution >= 0.6 is 0 Å². The fraction of sp³-hybridized carbons (Fsp3) is 0.556. The zero-order valence-electron chi connectivity index (χ0n) is 7.63. The summed E-state index contributed by atoms with van der Waals surface area (Å²) in [5.41, 5.74) is 1.44. The number of hydrogen-bond acceptors (Lipinski definition) is 4. The highest BCUT2D eigenvalue weighted by Gasteiger charge is 2.48. The van der Waals surface area contributed by atoms with Gasteiger partial charge in [0.2, 0.25) is 6.08 Å². The van der Waals surface area contributed by atoms with Crippen LogP contribution in [-0.4, -0.2) is 11.2 Å². The van der Waals surface area contributed by atoms with Crippen molar-refractivity contribution in [1.29, 1.82) is 0 Å². The van der Waals surface area contributed by atoms with Gasteiger partial charge in [0.25, 0.3) is 0 Å². The molecule has 0 saturated heterocycles. The van der Waals surface area contributed by atoms with E-state index in [0.29, 0.717) is 0 Å². The van der Waals surface area contributed by atoms with Crippen molar-refractivity contribution >= 4 is 6.08 Å². The molecule has 1 fully saturated rings. The Morgan fingerprint density at radius 1 is 1.54 bits per heavy atom. The monoisotopic (exact) mass is 178 g/mol. The fourth-order valence-corrected chi connectivity index (χ4v) is 1.77. The van der Waals surface area contributed by atoms with Crippen LogP contribution in [0.3, 0.4) is 0 Å². The Morgan fingerprint density at radius 2 is 2.23 bits per heavy atom. The van der Waals surface area contributed by atoms with E-state index in [1.165, 1.54) is 0 Å². The molecule has 1 aromatic heterocycles. The summed E-state index contributed by atoms with van der Waals surface area (Å²) in [5.74, 6) is 0.758. The number of carbonyl (C=O) groups excluding carboxylic acids is 1. The molecule has 1 heterocycles. The second-order valence-corrected chi connectivity index (χ2v) is 3.43. The Balaban J connectivity index is 2.51. The van der Waals surface area contributed by atoms with Gasteiger partial charge in [-0.25, -0.2) is 4.79 Å². The van der Waals surface area contributed by atoms with Gasteiger partial charge in [0.15, 0.2) is 0 Å². The lowest BCUT2D eigenvalue weighted by Crippen LogP contribution is -2.04. The highest BCUT2D eigenvalue weighted by Crippen LogP contribution is 2.51. The topological polar surface area (TPSA) is 55.5 Å². The summed E-state index contributed by atoms with van der Waals surface area (Å²) in [6.45, 7) is 3.71. The molecule has 4 nitrogen and oxygen atoms in total. The quantitative estimate of drug-likeness (QED) is 0.510. The van der Waals surface area contributed by atoms with Gasteiger partial charge in [-0.05, 0) is 26.7 Å². The molecule has 0 aliphatic heterocycles. The molecule has 1 aliphatic carbocycles. The van der Waals surface area contributed by atoms with E-state index < -0.39 is 0 Å². The summed E-state index contributed by atoms with van der Waals surface area (Å²) in [5, 5.41) is 3.84. The Bertz CT molecular complexity index is 365. The second kappa shape index (κ2) is 2.54. The maximum atomic E-state index is 10.2. The zero-order valence-corrected chi connectivity index (χ0v) is 7.63. The molecule has 0 radical (unpaired) electrons. The first-order valence-corrected chi connectivity index (χ1v) is 4.22. The molecular formula is C9H10N2O2. The van der Waals surface area contributed by atoms with Crippen molar-refractivity contribution in [3.63, 3.8) is 0 Å². The maximum absolute atomic E-state index is 10.2. The second-order valence-electron chi connectivity index (χ2n) is 3.43. The van der Waals surface area contributed by atoms with Gasteiger partial charge in [0.05, 0.1) is 5.69 Å². The summed E-state index contributed by atoms with van der Waals surface area (Å²) in [4.78, 5) is 14.1. The molecule has 0 spiro atoms. The first kappa shape index (κ1) is 8.20. The minimum absolute atomic E-state index is 0.351. The smallest absolute Gasteiger partial charge is 0.235 e. The van der Waals surface area contributed by atoms with Gasteiger partial charge in [0.1, 0.15) is 11.3 Å². The minimum Gasteiger partial charge on any atom is -0.361 e. The van der Waals surface area contributed by atoms with Crippen LogP contribution in [0.1, 0.15) is 29.9 Å². The van der Waals surface area contributed by atoms with Crippen molar-refractivity contribution in [2.45, 2.75) is 32.2 Å². The molecule has 1 aromatic rings. The molecule has 0 unspecified atom stereocenters. The van der Waals surface area contributed by atoms with Crippen LogP contribution in [0.2, 0.25) is 0 Å². The number of aliphatic imine (C=N–C) groups is 1. The first-order chi connectivity index (χ1) is 6.19. The predicted octanol–water partition coefficient (Wildman–Crippen LogP) is 1.62. The Morgan fingerprint density at radius 3 is 2.62 bits per heavy atom. The molecule has 68 valence electrons. The van der Waals surface area contributed by atoms with E-state index in [2.05, 4.69) is 10.1 Å². The number of isocyanates is 1. The third-order valence-corrected chi connectivity index (χ3v) is 2.48. The molecule has 4 heteroatoms. The van der Waals surface area contributed by atoms with Gasteiger partial charge < -0.3 is 4.52 Å². The lowest BCUT2D eigenvalue weighted by molar-refractivity contribution is 0.391. The normalized spacial score (nSPS) is 18.0. The Kier molecular flexibility index (Phi) is 1.60. The van der Waals surface area contributed by atoms with Gasteiger partial charge in [-0.15, -0.1) is 0 Å². The molecular weight excluding hydrogens is 168 g/mol. The lowest BCUT2D eigenvalue weighted by Gasteiger charge is -2.05. The third kappa shape index (κ3) is 1.11. The van der Waals surface area contributed by atoms with Crippen LogP contribution in [0.5, 0.6) is 0 Å². The van der Waals surface area contributed by atoms with Crippen LogP contribution in [0, 0.1) is 13.8 Å². The van der Waals surface area contributed by atoms with Crippen molar-refractivity contribution in [3.05, 3.63) is 17.0 Å². The highest BCUT2D eigenvalue weighted by molar-refractivity contribution is 5.43. The number of aryl methyl sites for hydroxylation is 2. The van der Waals surface area contributed by atoms with Crippen LogP contribution in [-0.2, 0) is 10.3 Å². The molecule has 0 N–H and O–H groups in total. The number of hydrogen-bond donors (Lipinski definition) is 0. The highest BCUT2D eigenvalue weighted by atomic mass is 16.5. The molecule has 1 aliphatic rings. The molecule has 0 atom stereocenters. The van der Waals surface area contributed by atoms with Crippen molar-refractivity contribution in [3.8, 4) is 0 Å². The van der Waals surface area contributed by atoms with E-state index in [9.17, 15) is 4.79 Å². The third-order valence-electron chi connectivity index (χ3n) is 2.48.